The van der Waals surface area contributed by atoms with Crippen LogP contribution in [0.15, 0.2) is 60.7 Å². The van der Waals surface area contributed by atoms with Crippen LogP contribution in [0.4, 0.5) is 11.4 Å². The molecule has 0 bridgehead atoms. The second-order valence-corrected chi connectivity index (χ2v) is 7.24. The number of anilines is 2. The third kappa shape index (κ3) is 6.10. The highest BCUT2D eigenvalue weighted by Gasteiger charge is 2.12. The fraction of sp³-hybridized carbons (Fsp3) is 0.148. The van der Waals surface area contributed by atoms with Crippen molar-refractivity contribution in [3.63, 3.8) is 0 Å². The highest BCUT2D eigenvalue weighted by molar-refractivity contribution is 6.03. The van der Waals surface area contributed by atoms with Gasteiger partial charge in [-0.1, -0.05) is 30.4 Å². The quantitative estimate of drug-likeness (QED) is 0.261. The van der Waals surface area contributed by atoms with E-state index >= 15 is 0 Å². The summed E-state index contributed by atoms with van der Waals surface area (Å²) in [5, 5.41) is 2.84. The Morgan fingerprint density at radius 1 is 0.735 bits per heavy atom. The molecule has 3 rings (SSSR count). The van der Waals surface area contributed by atoms with E-state index in [1.807, 2.05) is 48.6 Å². The first-order valence-corrected chi connectivity index (χ1v) is 10.5. The van der Waals surface area contributed by atoms with E-state index in [2.05, 4.69) is 5.32 Å². The van der Waals surface area contributed by atoms with Crippen molar-refractivity contribution in [2.24, 2.45) is 0 Å². The number of carbonyl (C=O) groups is 1. The number of amides is 1. The van der Waals surface area contributed by atoms with Gasteiger partial charge in [-0.25, -0.2) is 0 Å². The number of benzene rings is 3. The van der Waals surface area contributed by atoms with Gasteiger partial charge >= 0.3 is 0 Å². The van der Waals surface area contributed by atoms with Gasteiger partial charge in [0.2, 0.25) is 11.7 Å². The lowest BCUT2D eigenvalue weighted by atomic mass is 10.1. The molecule has 0 saturated carbocycles. The van der Waals surface area contributed by atoms with E-state index in [1.165, 1.54) is 6.08 Å². The van der Waals surface area contributed by atoms with E-state index in [4.69, 9.17) is 24.7 Å². The van der Waals surface area contributed by atoms with Crippen LogP contribution >= 0.6 is 0 Å². The van der Waals surface area contributed by atoms with Crippen molar-refractivity contribution in [2.45, 2.75) is 0 Å². The molecule has 3 aromatic carbocycles. The van der Waals surface area contributed by atoms with E-state index in [0.29, 0.717) is 34.4 Å². The Balaban J connectivity index is 1.76. The minimum atomic E-state index is -0.276. The molecule has 7 heteroatoms. The summed E-state index contributed by atoms with van der Waals surface area (Å²) >= 11 is 0. The molecule has 0 radical (unpaired) electrons. The molecule has 0 heterocycles. The summed E-state index contributed by atoms with van der Waals surface area (Å²) in [7, 11) is 6.27. The Bertz CT molecular complexity index is 1190. The number of ether oxygens (including phenoxy) is 4. The third-order valence-electron chi connectivity index (χ3n) is 4.98. The summed E-state index contributed by atoms with van der Waals surface area (Å²) in [5.74, 6) is 1.94. The van der Waals surface area contributed by atoms with E-state index in [1.54, 1.807) is 52.7 Å². The lowest BCUT2D eigenvalue weighted by Crippen LogP contribution is -2.09. The smallest absolute Gasteiger partial charge is 0.248 e. The van der Waals surface area contributed by atoms with Crippen LogP contribution in [0, 0.1) is 0 Å². The summed E-state index contributed by atoms with van der Waals surface area (Å²) in [6, 6.07) is 16.5. The molecule has 0 spiro atoms. The normalized spacial score (nSPS) is 10.9. The number of hydrogen-bond donors (Lipinski definition) is 2. The number of carbonyl (C=O) groups excluding carboxylic acids is 1. The zero-order valence-electron chi connectivity index (χ0n) is 19.6. The van der Waals surface area contributed by atoms with Gasteiger partial charge in [-0.2, -0.15) is 0 Å². The van der Waals surface area contributed by atoms with Crippen LogP contribution in [0.5, 0.6) is 23.0 Å². The average Bonchev–Trinajstić information content (AvgIpc) is 2.86. The second-order valence-electron chi connectivity index (χ2n) is 7.24. The Labute approximate surface area is 199 Å². The Kier molecular flexibility index (Phi) is 8.18. The van der Waals surface area contributed by atoms with Crippen LogP contribution in [-0.4, -0.2) is 34.3 Å². The Hall–Kier alpha value is -4.39. The van der Waals surface area contributed by atoms with Crippen LogP contribution in [0.3, 0.4) is 0 Å². The molecule has 0 aliphatic rings. The van der Waals surface area contributed by atoms with Gasteiger partial charge in [0.15, 0.2) is 11.5 Å². The van der Waals surface area contributed by atoms with Crippen molar-refractivity contribution in [3.05, 3.63) is 77.4 Å². The van der Waals surface area contributed by atoms with Crippen LogP contribution in [-0.2, 0) is 4.79 Å². The van der Waals surface area contributed by atoms with Gasteiger partial charge in [0.05, 0.1) is 34.1 Å². The molecular weight excluding hydrogens is 432 g/mol. The summed E-state index contributed by atoms with van der Waals surface area (Å²) in [6.45, 7) is 0. The fourth-order valence-electron chi connectivity index (χ4n) is 3.31. The van der Waals surface area contributed by atoms with Crippen LogP contribution in [0.1, 0.15) is 16.7 Å². The van der Waals surface area contributed by atoms with Gasteiger partial charge < -0.3 is 30.0 Å². The first kappa shape index (κ1) is 24.3. The predicted octanol–water partition coefficient (Wildman–Crippen LogP) is 5.13. The average molecular weight is 461 g/mol. The molecule has 0 aliphatic heterocycles. The topological polar surface area (TPSA) is 92.0 Å². The van der Waals surface area contributed by atoms with Crippen molar-refractivity contribution >= 4 is 35.5 Å². The standard InChI is InChI=1S/C27H28N2O5/c1-31-23-15-19(8-9-20-16-24(32-2)27(34-4)25(17-20)33-3)10-12-22(23)29-26(30)13-11-18-6-5-7-21(28)14-18/h5-17H,28H2,1-4H3,(H,29,30)/b9-8?,13-11+. The SMILES string of the molecule is COc1cc(C=Cc2cc(OC)c(OC)c(OC)c2)ccc1NC(=O)/C=C/c1cccc(N)c1. The number of nitrogen functional groups attached to an aromatic ring is 1. The zero-order chi connectivity index (χ0) is 24.5. The maximum Gasteiger partial charge on any atom is 0.248 e. The van der Waals surface area contributed by atoms with Gasteiger partial charge in [-0.3, -0.25) is 4.79 Å². The molecule has 3 N–H and O–H groups in total. The number of hydrogen-bond acceptors (Lipinski definition) is 6. The Morgan fingerprint density at radius 2 is 1.35 bits per heavy atom. The monoisotopic (exact) mass is 460 g/mol. The molecule has 176 valence electrons. The molecule has 0 aliphatic carbocycles. The largest absolute Gasteiger partial charge is 0.495 e. The van der Waals surface area contributed by atoms with Gasteiger partial charge in [0.1, 0.15) is 5.75 Å². The van der Waals surface area contributed by atoms with Crippen LogP contribution < -0.4 is 30.0 Å². The van der Waals surface area contributed by atoms with Crippen molar-refractivity contribution < 1.29 is 23.7 Å². The van der Waals surface area contributed by atoms with E-state index in [0.717, 1.165) is 16.7 Å². The molecule has 0 fully saturated rings. The summed E-state index contributed by atoms with van der Waals surface area (Å²) < 4.78 is 21.6. The molecule has 0 atom stereocenters. The third-order valence-corrected chi connectivity index (χ3v) is 4.98. The van der Waals surface area contributed by atoms with Gasteiger partial charge in [-0.05, 0) is 59.2 Å². The minimum Gasteiger partial charge on any atom is -0.495 e. The van der Waals surface area contributed by atoms with Gasteiger partial charge in [0.25, 0.3) is 0 Å². The van der Waals surface area contributed by atoms with Gasteiger partial charge in [0, 0.05) is 11.8 Å². The van der Waals surface area contributed by atoms with Crippen molar-refractivity contribution in [3.8, 4) is 23.0 Å². The number of rotatable bonds is 9. The molecular formula is C27H28N2O5. The molecule has 0 aromatic heterocycles. The molecule has 0 saturated heterocycles. The highest BCUT2D eigenvalue weighted by Crippen LogP contribution is 2.38. The Morgan fingerprint density at radius 3 is 1.97 bits per heavy atom. The number of nitrogens with two attached hydrogens (primary N) is 1. The van der Waals surface area contributed by atoms with Crippen molar-refractivity contribution in [2.75, 3.05) is 39.5 Å². The minimum absolute atomic E-state index is 0.276. The molecule has 34 heavy (non-hydrogen) atoms. The van der Waals surface area contributed by atoms with E-state index in [9.17, 15) is 4.79 Å². The second kappa shape index (κ2) is 11.5. The van der Waals surface area contributed by atoms with E-state index in [-0.39, 0.29) is 5.91 Å². The van der Waals surface area contributed by atoms with Crippen LogP contribution in [0.25, 0.3) is 18.2 Å². The number of methoxy groups -OCH3 is 4. The predicted molar refractivity (Wildman–Crippen MR) is 137 cm³/mol. The molecule has 7 nitrogen and oxygen atoms in total. The fourth-order valence-corrected chi connectivity index (χ4v) is 3.31. The summed E-state index contributed by atoms with van der Waals surface area (Å²) in [6.07, 6.45) is 7.00. The van der Waals surface area contributed by atoms with Crippen LogP contribution in [0.2, 0.25) is 0 Å². The molecule has 1 amide bonds. The first-order valence-electron chi connectivity index (χ1n) is 10.5. The van der Waals surface area contributed by atoms with Gasteiger partial charge in [-0.15, -0.1) is 0 Å². The van der Waals surface area contributed by atoms with E-state index < -0.39 is 0 Å². The number of nitrogens with one attached hydrogen (secondary N) is 1. The maximum absolute atomic E-state index is 12.4. The zero-order valence-corrected chi connectivity index (χ0v) is 19.6. The lowest BCUT2D eigenvalue weighted by molar-refractivity contribution is -0.111. The first-order chi connectivity index (χ1) is 16.5. The molecule has 3 aromatic rings. The summed E-state index contributed by atoms with van der Waals surface area (Å²) in [5.41, 5.74) is 9.58. The highest BCUT2D eigenvalue weighted by atomic mass is 16.5. The molecule has 0 unspecified atom stereocenters. The lowest BCUT2D eigenvalue weighted by Gasteiger charge is -2.13. The van der Waals surface area contributed by atoms with Crippen molar-refractivity contribution in [1.29, 1.82) is 0 Å². The maximum atomic E-state index is 12.4. The van der Waals surface area contributed by atoms with Crippen molar-refractivity contribution in [1.82, 2.24) is 0 Å². The summed E-state index contributed by atoms with van der Waals surface area (Å²) in [4.78, 5) is 12.4.